The van der Waals surface area contributed by atoms with Gasteiger partial charge in [0.15, 0.2) is 0 Å². The minimum absolute atomic E-state index is 0.352. The minimum atomic E-state index is -0.689. The van der Waals surface area contributed by atoms with Crippen LogP contribution in [-0.4, -0.2) is 10.9 Å². The number of rotatable bonds is 2. The summed E-state index contributed by atoms with van der Waals surface area (Å²) in [6.45, 7) is 5.49. The summed E-state index contributed by atoms with van der Waals surface area (Å²) in [6, 6.07) is 3.77. The van der Waals surface area contributed by atoms with Crippen LogP contribution in [0.5, 0.6) is 0 Å². The molecular formula is C10H14N2O. The largest absolute Gasteiger partial charge is 0.369 e. The van der Waals surface area contributed by atoms with Crippen molar-refractivity contribution in [2.45, 2.75) is 26.2 Å². The fourth-order valence-corrected chi connectivity index (χ4v) is 1.26. The van der Waals surface area contributed by atoms with Gasteiger partial charge in [-0.1, -0.05) is 6.07 Å². The molecule has 0 aliphatic carbocycles. The lowest BCUT2D eigenvalue weighted by Gasteiger charge is -2.21. The van der Waals surface area contributed by atoms with Crippen molar-refractivity contribution in [1.29, 1.82) is 0 Å². The number of hydrogen-bond acceptors (Lipinski definition) is 2. The van der Waals surface area contributed by atoms with E-state index in [2.05, 4.69) is 4.98 Å². The van der Waals surface area contributed by atoms with Crippen LogP contribution in [0, 0.1) is 6.92 Å². The number of primary amides is 1. The van der Waals surface area contributed by atoms with Crippen LogP contribution in [0.2, 0.25) is 0 Å². The first-order chi connectivity index (χ1) is 5.96. The highest BCUT2D eigenvalue weighted by atomic mass is 16.1. The van der Waals surface area contributed by atoms with Gasteiger partial charge in [0.2, 0.25) is 5.91 Å². The highest BCUT2D eigenvalue weighted by Gasteiger charge is 2.29. The Balaban J connectivity index is 3.22. The molecule has 0 spiro atoms. The molecule has 1 amide bonds. The van der Waals surface area contributed by atoms with Gasteiger partial charge in [0.1, 0.15) is 0 Å². The summed E-state index contributed by atoms with van der Waals surface area (Å²) in [5.41, 5.74) is 6.35. The number of amides is 1. The van der Waals surface area contributed by atoms with Gasteiger partial charge in [-0.2, -0.15) is 0 Å². The van der Waals surface area contributed by atoms with Crippen LogP contribution in [0.3, 0.4) is 0 Å². The third-order valence-electron chi connectivity index (χ3n) is 2.22. The summed E-state index contributed by atoms with van der Waals surface area (Å²) >= 11 is 0. The molecule has 0 radical (unpaired) electrons. The molecule has 1 aromatic rings. The van der Waals surface area contributed by atoms with Gasteiger partial charge < -0.3 is 5.73 Å². The monoisotopic (exact) mass is 178 g/mol. The van der Waals surface area contributed by atoms with E-state index in [-0.39, 0.29) is 5.91 Å². The number of carbonyl (C=O) groups excluding carboxylic acids is 1. The zero-order valence-corrected chi connectivity index (χ0v) is 8.16. The number of nitrogens with zero attached hydrogens (tertiary/aromatic N) is 1. The summed E-state index contributed by atoms with van der Waals surface area (Å²) in [4.78, 5) is 15.3. The Morgan fingerprint density at radius 3 is 2.62 bits per heavy atom. The molecule has 0 aliphatic rings. The Kier molecular flexibility index (Phi) is 2.36. The first kappa shape index (κ1) is 9.71. The van der Waals surface area contributed by atoms with Gasteiger partial charge in [0.25, 0.3) is 0 Å². The third-order valence-corrected chi connectivity index (χ3v) is 2.22. The SMILES string of the molecule is Cc1cccnc1C(C)(C)C(N)=O. The van der Waals surface area contributed by atoms with Crippen molar-refractivity contribution >= 4 is 5.91 Å². The van der Waals surface area contributed by atoms with E-state index in [0.29, 0.717) is 0 Å². The van der Waals surface area contributed by atoms with Gasteiger partial charge in [0, 0.05) is 6.20 Å². The van der Waals surface area contributed by atoms with Crippen LogP contribution in [0.25, 0.3) is 0 Å². The fourth-order valence-electron chi connectivity index (χ4n) is 1.26. The smallest absolute Gasteiger partial charge is 0.229 e. The first-order valence-electron chi connectivity index (χ1n) is 4.18. The predicted molar refractivity (Wildman–Crippen MR) is 51.2 cm³/mol. The predicted octanol–water partition coefficient (Wildman–Crippen LogP) is 1.15. The molecule has 3 heteroatoms. The summed E-state index contributed by atoms with van der Waals surface area (Å²) in [6.07, 6.45) is 1.67. The molecule has 0 fully saturated rings. The van der Waals surface area contributed by atoms with Gasteiger partial charge in [0.05, 0.1) is 11.1 Å². The van der Waals surface area contributed by atoms with Crippen molar-refractivity contribution in [3.63, 3.8) is 0 Å². The Morgan fingerprint density at radius 1 is 1.54 bits per heavy atom. The second-order valence-electron chi connectivity index (χ2n) is 3.66. The van der Waals surface area contributed by atoms with E-state index in [1.54, 1.807) is 20.0 Å². The molecule has 0 bridgehead atoms. The van der Waals surface area contributed by atoms with Crippen LogP contribution in [-0.2, 0) is 10.2 Å². The van der Waals surface area contributed by atoms with Crippen LogP contribution in [0.1, 0.15) is 25.1 Å². The Hall–Kier alpha value is -1.38. The number of pyridine rings is 1. The quantitative estimate of drug-likeness (QED) is 0.738. The van der Waals surface area contributed by atoms with Gasteiger partial charge in [-0.15, -0.1) is 0 Å². The number of nitrogens with two attached hydrogens (primary N) is 1. The number of hydrogen-bond donors (Lipinski definition) is 1. The number of aryl methyl sites for hydroxylation is 1. The zero-order valence-electron chi connectivity index (χ0n) is 8.16. The summed E-state index contributed by atoms with van der Waals surface area (Å²) in [5.74, 6) is -0.352. The van der Waals surface area contributed by atoms with Gasteiger partial charge in [-0.05, 0) is 32.4 Å². The second kappa shape index (κ2) is 3.17. The highest BCUT2D eigenvalue weighted by Crippen LogP contribution is 2.22. The van der Waals surface area contributed by atoms with Crippen molar-refractivity contribution in [3.05, 3.63) is 29.6 Å². The molecule has 0 atom stereocenters. The van der Waals surface area contributed by atoms with E-state index in [4.69, 9.17) is 5.73 Å². The number of aromatic nitrogens is 1. The van der Waals surface area contributed by atoms with E-state index < -0.39 is 5.41 Å². The van der Waals surface area contributed by atoms with E-state index >= 15 is 0 Å². The van der Waals surface area contributed by atoms with Gasteiger partial charge in [-0.25, -0.2) is 0 Å². The zero-order chi connectivity index (χ0) is 10.1. The molecule has 0 saturated heterocycles. The van der Waals surface area contributed by atoms with Crippen molar-refractivity contribution in [1.82, 2.24) is 4.98 Å². The molecule has 0 saturated carbocycles. The Labute approximate surface area is 78.0 Å². The van der Waals surface area contributed by atoms with E-state index in [0.717, 1.165) is 11.3 Å². The second-order valence-corrected chi connectivity index (χ2v) is 3.66. The lowest BCUT2D eigenvalue weighted by Crippen LogP contribution is -2.36. The molecule has 70 valence electrons. The summed E-state index contributed by atoms with van der Waals surface area (Å²) in [5, 5.41) is 0. The first-order valence-corrected chi connectivity index (χ1v) is 4.18. The van der Waals surface area contributed by atoms with Crippen LogP contribution < -0.4 is 5.73 Å². The standard InChI is InChI=1S/C10H14N2O/c1-7-5-4-6-12-8(7)10(2,3)9(11)13/h4-6H,1-3H3,(H2,11,13). The van der Waals surface area contributed by atoms with Crippen molar-refractivity contribution in [3.8, 4) is 0 Å². The van der Waals surface area contributed by atoms with Crippen LogP contribution >= 0.6 is 0 Å². The maximum atomic E-state index is 11.2. The Bertz CT molecular complexity index is 331. The van der Waals surface area contributed by atoms with Crippen LogP contribution in [0.15, 0.2) is 18.3 Å². The topological polar surface area (TPSA) is 56.0 Å². The van der Waals surface area contributed by atoms with Crippen molar-refractivity contribution < 1.29 is 4.79 Å². The summed E-state index contributed by atoms with van der Waals surface area (Å²) in [7, 11) is 0. The molecule has 1 aromatic heterocycles. The molecule has 1 heterocycles. The highest BCUT2D eigenvalue weighted by molar-refractivity contribution is 5.85. The average molecular weight is 178 g/mol. The van der Waals surface area contributed by atoms with E-state index in [1.807, 2.05) is 19.1 Å². The molecule has 0 aromatic carbocycles. The number of carbonyl (C=O) groups is 1. The third kappa shape index (κ3) is 1.69. The maximum Gasteiger partial charge on any atom is 0.229 e. The molecule has 2 N–H and O–H groups in total. The lowest BCUT2D eigenvalue weighted by atomic mass is 9.86. The molecule has 3 nitrogen and oxygen atoms in total. The molecule has 0 unspecified atom stereocenters. The van der Waals surface area contributed by atoms with Crippen LogP contribution in [0.4, 0.5) is 0 Å². The fraction of sp³-hybridized carbons (Fsp3) is 0.400. The Morgan fingerprint density at radius 2 is 2.15 bits per heavy atom. The summed E-state index contributed by atoms with van der Waals surface area (Å²) < 4.78 is 0. The van der Waals surface area contributed by atoms with E-state index in [1.165, 1.54) is 0 Å². The normalized spacial score (nSPS) is 11.3. The molecule has 1 rings (SSSR count). The maximum absolute atomic E-state index is 11.2. The molecular weight excluding hydrogens is 164 g/mol. The lowest BCUT2D eigenvalue weighted by molar-refractivity contribution is -0.122. The minimum Gasteiger partial charge on any atom is -0.369 e. The molecule has 0 aliphatic heterocycles. The van der Waals surface area contributed by atoms with Gasteiger partial charge in [-0.3, -0.25) is 9.78 Å². The van der Waals surface area contributed by atoms with Gasteiger partial charge >= 0.3 is 0 Å². The van der Waals surface area contributed by atoms with E-state index in [9.17, 15) is 4.79 Å². The molecule has 13 heavy (non-hydrogen) atoms. The van der Waals surface area contributed by atoms with Crippen molar-refractivity contribution in [2.24, 2.45) is 5.73 Å². The average Bonchev–Trinajstić information content (AvgIpc) is 2.04. The van der Waals surface area contributed by atoms with Crippen molar-refractivity contribution in [2.75, 3.05) is 0 Å².